The Hall–Kier alpha value is -1.35. The van der Waals surface area contributed by atoms with Gasteiger partial charge in [-0.25, -0.2) is 4.98 Å². The standard InChI is InChI=1S/C9H10N2.C2H6.CH5N/c1-7-3-4-11-6-10-8(2)9(11)5-7;2*1-2/h3-6H,1-2H3;1-2H3;2H2,1H3. The molecule has 0 aliphatic heterocycles. The van der Waals surface area contributed by atoms with Crippen LogP contribution in [0.1, 0.15) is 25.1 Å². The van der Waals surface area contributed by atoms with Crippen molar-refractivity contribution in [2.45, 2.75) is 27.7 Å². The van der Waals surface area contributed by atoms with Crippen LogP contribution in [0.2, 0.25) is 0 Å². The lowest BCUT2D eigenvalue weighted by atomic mass is 10.2. The fourth-order valence-electron chi connectivity index (χ4n) is 1.22. The molecule has 3 heteroatoms. The third-order valence-corrected chi connectivity index (χ3v) is 1.89. The highest BCUT2D eigenvalue weighted by Crippen LogP contribution is 2.09. The van der Waals surface area contributed by atoms with Crippen LogP contribution in [0.25, 0.3) is 5.52 Å². The number of hydrogen-bond donors (Lipinski definition) is 1. The summed E-state index contributed by atoms with van der Waals surface area (Å²) in [6.45, 7) is 8.11. The second-order valence-corrected chi connectivity index (χ2v) is 2.83. The lowest BCUT2D eigenvalue weighted by Gasteiger charge is -1.94. The van der Waals surface area contributed by atoms with Crippen molar-refractivity contribution < 1.29 is 0 Å². The second-order valence-electron chi connectivity index (χ2n) is 2.83. The average Bonchev–Trinajstić information content (AvgIpc) is 2.66. The van der Waals surface area contributed by atoms with Gasteiger partial charge in [0.05, 0.1) is 17.5 Å². The Labute approximate surface area is 91.9 Å². The molecule has 15 heavy (non-hydrogen) atoms. The molecule has 0 saturated heterocycles. The van der Waals surface area contributed by atoms with E-state index in [1.165, 1.54) is 18.1 Å². The molecule has 2 rings (SSSR count). The quantitative estimate of drug-likeness (QED) is 0.721. The summed E-state index contributed by atoms with van der Waals surface area (Å²) in [7, 11) is 1.50. The van der Waals surface area contributed by atoms with E-state index in [9.17, 15) is 0 Å². The van der Waals surface area contributed by atoms with E-state index in [1.54, 1.807) is 0 Å². The summed E-state index contributed by atoms with van der Waals surface area (Å²) in [6, 6.07) is 4.22. The van der Waals surface area contributed by atoms with Gasteiger partial charge in [0.25, 0.3) is 0 Å². The topological polar surface area (TPSA) is 43.3 Å². The maximum absolute atomic E-state index is 4.50. The summed E-state index contributed by atoms with van der Waals surface area (Å²) in [4.78, 5) is 4.20. The Bertz CT molecular complexity index is 391. The zero-order valence-electron chi connectivity index (χ0n) is 10.3. The van der Waals surface area contributed by atoms with Crippen molar-refractivity contribution in [1.82, 2.24) is 9.38 Å². The van der Waals surface area contributed by atoms with Crippen LogP contribution in [0.5, 0.6) is 0 Å². The van der Waals surface area contributed by atoms with Crippen molar-refractivity contribution in [2.24, 2.45) is 5.73 Å². The Balaban J connectivity index is 0.000000442. The van der Waals surface area contributed by atoms with Gasteiger partial charge in [-0.15, -0.1) is 0 Å². The molecule has 0 atom stereocenters. The highest BCUT2D eigenvalue weighted by molar-refractivity contribution is 5.52. The first kappa shape index (κ1) is 13.7. The maximum atomic E-state index is 4.50. The van der Waals surface area contributed by atoms with Gasteiger partial charge in [-0.1, -0.05) is 13.8 Å². The first-order valence-corrected chi connectivity index (χ1v) is 5.25. The van der Waals surface area contributed by atoms with Crippen LogP contribution in [0.4, 0.5) is 0 Å². The first-order valence-electron chi connectivity index (χ1n) is 5.25. The van der Waals surface area contributed by atoms with Crippen molar-refractivity contribution in [2.75, 3.05) is 7.05 Å². The number of aromatic nitrogens is 2. The zero-order valence-corrected chi connectivity index (χ0v) is 10.3. The van der Waals surface area contributed by atoms with Crippen LogP contribution in [-0.2, 0) is 0 Å². The lowest BCUT2D eigenvalue weighted by Crippen LogP contribution is -1.82. The van der Waals surface area contributed by atoms with Crippen molar-refractivity contribution in [3.05, 3.63) is 35.9 Å². The van der Waals surface area contributed by atoms with Crippen molar-refractivity contribution in [3.8, 4) is 0 Å². The number of hydrogen-bond acceptors (Lipinski definition) is 2. The van der Waals surface area contributed by atoms with E-state index >= 15 is 0 Å². The van der Waals surface area contributed by atoms with E-state index in [2.05, 4.69) is 29.8 Å². The largest absolute Gasteiger partial charge is 0.333 e. The van der Waals surface area contributed by atoms with Crippen LogP contribution >= 0.6 is 0 Å². The van der Waals surface area contributed by atoms with E-state index < -0.39 is 0 Å². The summed E-state index contributed by atoms with van der Waals surface area (Å²) in [5, 5.41) is 0. The smallest absolute Gasteiger partial charge is 0.0995 e. The van der Waals surface area contributed by atoms with Crippen LogP contribution in [0.3, 0.4) is 0 Å². The highest BCUT2D eigenvalue weighted by atomic mass is 15.0. The number of fused-ring (bicyclic) bond motifs is 1. The van der Waals surface area contributed by atoms with Crippen LogP contribution < -0.4 is 5.73 Å². The Morgan fingerprint density at radius 2 is 1.80 bits per heavy atom. The van der Waals surface area contributed by atoms with Gasteiger partial charge in [-0.05, 0) is 38.6 Å². The predicted octanol–water partition coefficient (Wildman–Crippen LogP) is 2.55. The number of imidazole rings is 1. The van der Waals surface area contributed by atoms with Gasteiger partial charge in [0, 0.05) is 6.20 Å². The van der Waals surface area contributed by atoms with Crippen LogP contribution in [0.15, 0.2) is 24.7 Å². The highest BCUT2D eigenvalue weighted by Gasteiger charge is 1.96. The minimum Gasteiger partial charge on any atom is -0.333 e. The monoisotopic (exact) mass is 207 g/mol. The summed E-state index contributed by atoms with van der Waals surface area (Å²) in [6.07, 6.45) is 3.87. The average molecular weight is 207 g/mol. The van der Waals surface area contributed by atoms with Gasteiger partial charge in [-0.3, -0.25) is 0 Å². The number of rotatable bonds is 0. The summed E-state index contributed by atoms with van der Waals surface area (Å²) >= 11 is 0. The number of aryl methyl sites for hydroxylation is 2. The third kappa shape index (κ3) is 3.36. The van der Waals surface area contributed by atoms with E-state index in [0.717, 1.165) is 5.69 Å². The normalized spacial score (nSPS) is 8.67. The molecule has 84 valence electrons. The summed E-state index contributed by atoms with van der Waals surface area (Å²) in [5.74, 6) is 0. The Kier molecular flexibility index (Phi) is 6.38. The van der Waals surface area contributed by atoms with E-state index in [0.29, 0.717) is 0 Å². The molecule has 3 nitrogen and oxygen atoms in total. The molecule has 0 aliphatic carbocycles. The van der Waals surface area contributed by atoms with Crippen molar-refractivity contribution >= 4 is 5.52 Å². The number of nitrogens with zero attached hydrogens (tertiary/aromatic N) is 2. The van der Waals surface area contributed by atoms with Crippen LogP contribution in [0, 0.1) is 13.8 Å². The first-order chi connectivity index (χ1) is 7.27. The summed E-state index contributed by atoms with van der Waals surface area (Å²) in [5.41, 5.74) is 8.07. The molecule has 2 aromatic heterocycles. The Morgan fingerprint density at radius 1 is 1.20 bits per heavy atom. The SMILES string of the molecule is CC.CN.Cc1ccn2cnc(C)c2c1. The minimum absolute atomic E-state index is 1.09. The molecule has 2 N–H and O–H groups in total. The number of nitrogens with two attached hydrogens (primary N) is 1. The molecule has 0 radical (unpaired) electrons. The zero-order chi connectivity index (χ0) is 11.8. The van der Waals surface area contributed by atoms with Gasteiger partial charge in [0.15, 0.2) is 0 Å². The van der Waals surface area contributed by atoms with E-state index in [4.69, 9.17) is 0 Å². The second kappa shape index (κ2) is 7.01. The maximum Gasteiger partial charge on any atom is 0.0995 e. The lowest BCUT2D eigenvalue weighted by molar-refractivity contribution is 1.14. The number of pyridine rings is 1. The Morgan fingerprint density at radius 3 is 2.40 bits per heavy atom. The van der Waals surface area contributed by atoms with Crippen LogP contribution in [-0.4, -0.2) is 16.4 Å². The van der Waals surface area contributed by atoms with E-state index in [-0.39, 0.29) is 0 Å². The minimum atomic E-state index is 1.09. The molecule has 0 spiro atoms. The molecular formula is C12H21N3. The summed E-state index contributed by atoms with van der Waals surface area (Å²) < 4.78 is 2.03. The molecule has 2 aromatic rings. The molecule has 0 bridgehead atoms. The molecular weight excluding hydrogens is 186 g/mol. The van der Waals surface area contributed by atoms with Crippen molar-refractivity contribution in [3.63, 3.8) is 0 Å². The molecule has 0 aliphatic rings. The van der Waals surface area contributed by atoms with Gasteiger partial charge in [0.1, 0.15) is 0 Å². The molecule has 0 amide bonds. The molecule has 0 unspecified atom stereocenters. The predicted molar refractivity (Wildman–Crippen MR) is 66.1 cm³/mol. The van der Waals surface area contributed by atoms with Crippen molar-refractivity contribution in [1.29, 1.82) is 0 Å². The molecule has 2 heterocycles. The molecule has 0 fully saturated rings. The third-order valence-electron chi connectivity index (χ3n) is 1.89. The van der Waals surface area contributed by atoms with E-state index in [1.807, 2.05) is 37.7 Å². The van der Waals surface area contributed by atoms with Gasteiger partial charge in [0.2, 0.25) is 0 Å². The fraction of sp³-hybridized carbons (Fsp3) is 0.417. The molecule has 0 aromatic carbocycles. The molecule has 0 saturated carbocycles. The van der Waals surface area contributed by atoms with Gasteiger partial charge in [-0.2, -0.15) is 0 Å². The van der Waals surface area contributed by atoms with Gasteiger partial charge < -0.3 is 10.1 Å². The fourth-order valence-corrected chi connectivity index (χ4v) is 1.22. The van der Waals surface area contributed by atoms with Gasteiger partial charge >= 0.3 is 0 Å².